The summed E-state index contributed by atoms with van der Waals surface area (Å²) < 4.78 is 59.2. The Morgan fingerprint density at radius 1 is 1.33 bits per heavy atom. The van der Waals surface area contributed by atoms with E-state index in [-0.39, 0.29) is 27.4 Å². The fourth-order valence-electron chi connectivity index (χ4n) is 1.18. The first kappa shape index (κ1) is 15.5. The van der Waals surface area contributed by atoms with Crippen LogP contribution in [0.3, 0.4) is 0 Å². The predicted molar refractivity (Wildman–Crippen MR) is 66.4 cm³/mol. The quantitative estimate of drug-likeness (QED) is 0.867. The van der Waals surface area contributed by atoms with Crippen LogP contribution in [-0.2, 0) is 9.84 Å². The molecule has 1 aromatic rings. The fraction of sp³-hybridized carbons (Fsp3) is 0.333. The maximum Gasteiger partial charge on any atom is 0.441 e. The molecule has 0 aliphatic carbocycles. The molecule has 0 saturated heterocycles. The minimum atomic E-state index is -4.44. The molecule has 2 N–H and O–H groups in total. The van der Waals surface area contributed by atoms with Gasteiger partial charge in [0.2, 0.25) is 0 Å². The average Bonchev–Trinajstić information content (AvgIpc) is 2.13. The Morgan fingerprint density at radius 3 is 2.44 bits per heavy atom. The zero-order valence-corrected chi connectivity index (χ0v) is 11.3. The summed E-state index contributed by atoms with van der Waals surface area (Å²) in [7, 11) is -3.83. The number of rotatable bonds is 4. The molecule has 0 amide bonds. The third kappa shape index (κ3) is 4.58. The van der Waals surface area contributed by atoms with Gasteiger partial charge in [0.1, 0.15) is 0 Å². The molecule has 0 spiro atoms. The first-order valence-corrected chi connectivity index (χ1v) is 7.62. The van der Waals surface area contributed by atoms with Crippen LogP contribution in [0.1, 0.15) is 0 Å². The van der Waals surface area contributed by atoms with Crippen molar-refractivity contribution in [3.8, 4) is 0 Å². The average molecular weight is 320 g/mol. The van der Waals surface area contributed by atoms with Crippen LogP contribution in [0.25, 0.3) is 0 Å². The number of hydrogen-bond donors (Lipinski definition) is 1. The Bertz CT molecular complexity index is 531. The maximum absolute atomic E-state index is 11.9. The lowest BCUT2D eigenvalue weighted by Crippen LogP contribution is -2.13. The Balaban J connectivity index is 2.81. The molecule has 9 heteroatoms. The smallest absolute Gasteiger partial charge is 0.398 e. The van der Waals surface area contributed by atoms with Gasteiger partial charge in [-0.3, -0.25) is 0 Å². The molecule has 18 heavy (non-hydrogen) atoms. The second-order valence-electron chi connectivity index (χ2n) is 3.30. The molecule has 0 fully saturated rings. The van der Waals surface area contributed by atoms with Gasteiger partial charge in [-0.2, -0.15) is 13.2 Å². The van der Waals surface area contributed by atoms with E-state index in [1.165, 1.54) is 18.2 Å². The van der Waals surface area contributed by atoms with Crippen LogP contribution in [0.15, 0.2) is 23.1 Å². The van der Waals surface area contributed by atoms with Crippen LogP contribution < -0.4 is 5.73 Å². The Morgan fingerprint density at radius 2 is 1.94 bits per heavy atom. The third-order valence-electron chi connectivity index (χ3n) is 1.92. The van der Waals surface area contributed by atoms with Crippen LogP contribution in [0, 0.1) is 0 Å². The fourth-order valence-corrected chi connectivity index (χ4v) is 3.72. The minimum Gasteiger partial charge on any atom is -0.398 e. The van der Waals surface area contributed by atoms with E-state index in [4.69, 9.17) is 17.3 Å². The molecule has 0 heterocycles. The molecular formula is C9H9ClF3NO2S2. The molecule has 3 nitrogen and oxygen atoms in total. The summed E-state index contributed by atoms with van der Waals surface area (Å²) in [5, 5.41) is 0.260. The van der Waals surface area contributed by atoms with Gasteiger partial charge < -0.3 is 5.73 Å². The van der Waals surface area contributed by atoms with E-state index >= 15 is 0 Å². The van der Waals surface area contributed by atoms with E-state index in [0.29, 0.717) is 0 Å². The van der Waals surface area contributed by atoms with E-state index in [9.17, 15) is 21.6 Å². The summed E-state index contributed by atoms with van der Waals surface area (Å²) in [6.07, 6.45) is 0. The van der Waals surface area contributed by atoms with Gasteiger partial charge in [-0.05, 0) is 30.0 Å². The van der Waals surface area contributed by atoms with Gasteiger partial charge >= 0.3 is 5.51 Å². The van der Waals surface area contributed by atoms with Gasteiger partial charge in [0.05, 0.1) is 16.3 Å². The standard InChI is InChI=1S/C9H9ClF3NO2S2/c10-6-1-2-8(7(14)5-6)18(15,16)4-3-17-9(11,12)13/h1-2,5H,3-4,14H2. The van der Waals surface area contributed by atoms with Crippen molar-refractivity contribution in [1.82, 2.24) is 0 Å². The number of nitrogen functional groups attached to an aromatic ring is 1. The van der Waals surface area contributed by atoms with Crippen molar-refractivity contribution in [2.75, 3.05) is 17.2 Å². The summed E-state index contributed by atoms with van der Waals surface area (Å²) in [4.78, 5) is -0.199. The zero-order chi connectivity index (χ0) is 14.0. The highest BCUT2D eigenvalue weighted by atomic mass is 35.5. The van der Waals surface area contributed by atoms with Crippen LogP contribution in [0.4, 0.5) is 18.9 Å². The number of alkyl halides is 3. The first-order chi connectivity index (χ1) is 8.12. The molecule has 1 rings (SSSR count). The molecule has 0 saturated carbocycles. The van der Waals surface area contributed by atoms with Crippen molar-refractivity contribution in [3.63, 3.8) is 0 Å². The summed E-state index contributed by atoms with van der Waals surface area (Å²) in [5.41, 5.74) is 0.959. The van der Waals surface area contributed by atoms with Crippen molar-refractivity contribution in [1.29, 1.82) is 0 Å². The number of hydrogen-bond acceptors (Lipinski definition) is 4. The van der Waals surface area contributed by atoms with Crippen molar-refractivity contribution >= 4 is 38.9 Å². The molecule has 0 radical (unpaired) electrons. The minimum absolute atomic E-state index is 0.0699. The Kier molecular flexibility index (Phi) is 4.79. The van der Waals surface area contributed by atoms with Crippen LogP contribution in [0.5, 0.6) is 0 Å². The first-order valence-electron chi connectivity index (χ1n) is 4.60. The number of nitrogens with two attached hydrogens (primary N) is 1. The number of thioether (sulfide) groups is 1. The second kappa shape index (κ2) is 5.58. The van der Waals surface area contributed by atoms with Gasteiger partial charge in [0, 0.05) is 10.8 Å². The predicted octanol–water partition coefficient (Wildman–Crippen LogP) is 2.95. The molecule has 102 valence electrons. The highest BCUT2D eigenvalue weighted by molar-refractivity contribution is 8.01. The van der Waals surface area contributed by atoms with Gasteiger partial charge in [0.15, 0.2) is 9.84 Å². The van der Waals surface area contributed by atoms with E-state index in [1.807, 2.05) is 0 Å². The normalized spacial score (nSPS) is 12.7. The summed E-state index contributed by atoms with van der Waals surface area (Å²) in [5.74, 6) is -1.21. The number of benzene rings is 1. The molecule has 1 aromatic carbocycles. The molecular weight excluding hydrogens is 311 g/mol. The Hall–Kier alpha value is -0.600. The third-order valence-corrected chi connectivity index (χ3v) is 4.94. The molecule has 0 aliphatic heterocycles. The number of halogens is 4. The molecule has 0 aliphatic rings. The lowest BCUT2D eigenvalue weighted by Gasteiger charge is -2.08. The van der Waals surface area contributed by atoms with Gasteiger partial charge in [0.25, 0.3) is 0 Å². The lowest BCUT2D eigenvalue weighted by molar-refractivity contribution is -0.0326. The van der Waals surface area contributed by atoms with Crippen LogP contribution >= 0.6 is 23.4 Å². The number of sulfone groups is 1. The van der Waals surface area contributed by atoms with Crippen molar-refractivity contribution in [2.24, 2.45) is 0 Å². The van der Waals surface area contributed by atoms with Crippen LogP contribution in [0.2, 0.25) is 5.02 Å². The van der Waals surface area contributed by atoms with E-state index in [1.54, 1.807) is 0 Å². The Labute approximate surface area is 111 Å². The second-order valence-corrected chi connectivity index (χ2v) is 6.97. The largest absolute Gasteiger partial charge is 0.441 e. The van der Waals surface area contributed by atoms with Gasteiger partial charge in [-0.25, -0.2) is 8.42 Å². The van der Waals surface area contributed by atoms with E-state index in [2.05, 4.69) is 0 Å². The highest BCUT2D eigenvalue weighted by Gasteiger charge is 2.29. The monoisotopic (exact) mass is 319 g/mol. The SMILES string of the molecule is Nc1cc(Cl)ccc1S(=O)(=O)CCSC(F)(F)F. The van der Waals surface area contributed by atoms with E-state index in [0.717, 1.165) is 0 Å². The molecule has 0 aromatic heterocycles. The molecule has 0 bridgehead atoms. The van der Waals surface area contributed by atoms with E-state index < -0.39 is 26.9 Å². The zero-order valence-electron chi connectivity index (χ0n) is 8.87. The van der Waals surface area contributed by atoms with Crippen molar-refractivity contribution in [3.05, 3.63) is 23.2 Å². The highest BCUT2D eigenvalue weighted by Crippen LogP contribution is 2.31. The summed E-state index contributed by atoms with van der Waals surface area (Å²) in [6.45, 7) is 0. The topological polar surface area (TPSA) is 60.2 Å². The lowest BCUT2D eigenvalue weighted by atomic mass is 10.3. The van der Waals surface area contributed by atoms with Crippen molar-refractivity contribution in [2.45, 2.75) is 10.4 Å². The maximum atomic E-state index is 11.9. The van der Waals surface area contributed by atoms with Crippen LogP contribution in [-0.4, -0.2) is 25.4 Å². The molecule has 0 unspecified atom stereocenters. The molecule has 0 atom stereocenters. The van der Waals surface area contributed by atoms with Gasteiger partial charge in [-0.15, -0.1) is 0 Å². The van der Waals surface area contributed by atoms with Gasteiger partial charge in [-0.1, -0.05) is 11.6 Å². The van der Waals surface area contributed by atoms with Crippen molar-refractivity contribution < 1.29 is 21.6 Å². The number of anilines is 1. The summed E-state index contributed by atoms with van der Waals surface area (Å²) in [6, 6.07) is 3.75. The summed E-state index contributed by atoms with van der Waals surface area (Å²) >= 11 is 5.22.